The average molecular weight is 296 g/mol. The maximum absolute atomic E-state index is 10.5. The number of aliphatic hydroxyl groups excluding tert-OH is 1. The molecule has 0 unspecified atom stereocenters. The minimum Gasteiger partial charge on any atom is -0.380 e. The van der Waals surface area contributed by atoms with Gasteiger partial charge < -0.3 is 14.2 Å². The summed E-state index contributed by atoms with van der Waals surface area (Å²) >= 11 is 0. The molecule has 22 heavy (non-hydrogen) atoms. The first-order chi connectivity index (χ1) is 10.8. The van der Waals surface area contributed by atoms with Gasteiger partial charge in [-0.05, 0) is 18.4 Å². The van der Waals surface area contributed by atoms with Crippen molar-refractivity contribution in [2.24, 2.45) is 0 Å². The lowest BCUT2D eigenvalue weighted by atomic mass is 10.1. The molecule has 0 radical (unpaired) electrons. The standard InChI is InChI=1S/C16H16N4O2/c21-14(11-4-2-1-3-5-11)16-17-8-9-20(16)10-13-18-15(19-22-13)12-6-7-12/h1-5,8-9,12,14,21H,6-7,10H2/t14-/m1/s1. The Morgan fingerprint density at radius 3 is 2.86 bits per heavy atom. The molecule has 3 aromatic rings. The number of benzene rings is 1. The lowest BCUT2D eigenvalue weighted by Crippen LogP contribution is -2.10. The van der Waals surface area contributed by atoms with Gasteiger partial charge in [-0.15, -0.1) is 0 Å². The van der Waals surface area contributed by atoms with Crippen LogP contribution in [0, 0.1) is 0 Å². The van der Waals surface area contributed by atoms with Crippen molar-refractivity contribution in [1.82, 2.24) is 19.7 Å². The highest BCUT2D eigenvalue weighted by Crippen LogP contribution is 2.38. The highest BCUT2D eigenvalue weighted by molar-refractivity contribution is 5.23. The van der Waals surface area contributed by atoms with Crippen molar-refractivity contribution < 1.29 is 9.63 Å². The number of hydrogen-bond acceptors (Lipinski definition) is 5. The van der Waals surface area contributed by atoms with Gasteiger partial charge in [0.05, 0.1) is 0 Å². The van der Waals surface area contributed by atoms with Crippen LogP contribution < -0.4 is 0 Å². The van der Waals surface area contributed by atoms with E-state index in [1.807, 2.05) is 41.1 Å². The monoisotopic (exact) mass is 296 g/mol. The van der Waals surface area contributed by atoms with E-state index in [1.165, 1.54) is 0 Å². The molecule has 0 aliphatic heterocycles. The van der Waals surface area contributed by atoms with Gasteiger partial charge in [-0.25, -0.2) is 4.98 Å². The number of rotatable bonds is 5. The van der Waals surface area contributed by atoms with Gasteiger partial charge in [-0.3, -0.25) is 0 Å². The van der Waals surface area contributed by atoms with E-state index in [4.69, 9.17) is 4.52 Å². The quantitative estimate of drug-likeness (QED) is 0.781. The Hall–Kier alpha value is -2.47. The molecular weight excluding hydrogens is 280 g/mol. The van der Waals surface area contributed by atoms with Crippen molar-refractivity contribution in [2.45, 2.75) is 31.4 Å². The summed E-state index contributed by atoms with van der Waals surface area (Å²) < 4.78 is 7.12. The lowest BCUT2D eigenvalue weighted by molar-refractivity contribution is 0.204. The fourth-order valence-electron chi connectivity index (χ4n) is 2.47. The molecule has 4 rings (SSSR count). The summed E-state index contributed by atoms with van der Waals surface area (Å²) in [6, 6.07) is 9.46. The fraction of sp³-hybridized carbons (Fsp3) is 0.312. The Kier molecular flexibility index (Phi) is 3.23. The summed E-state index contributed by atoms with van der Waals surface area (Å²) in [7, 11) is 0. The zero-order valence-corrected chi connectivity index (χ0v) is 12.0. The molecule has 0 amide bonds. The number of hydrogen-bond donors (Lipinski definition) is 1. The Morgan fingerprint density at radius 2 is 2.09 bits per heavy atom. The number of imidazole rings is 1. The van der Waals surface area contributed by atoms with E-state index in [9.17, 15) is 5.11 Å². The topological polar surface area (TPSA) is 77.0 Å². The highest BCUT2D eigenvalue weighted by Gasteiger charge is 2.29. The number of nitrogens with zero attached hydrogens (tertiary/aromatic N) is 4. The molecule has 6 heteroatoms. The summed E-state index contributed by atoms with van der Waals surface area (Å²) in [6.07, 6.45) is 4.98. The van der Waals surface area contributed by atoms with Crippen molar-refractivity contribution in [3.8, 4) is 0 Å². The van der Waals surface area contributed by atoms with Crippen molar-refractivity contribution >= 4 is 0 Å². The molecule has 1 atom stereocenters. The normalized spacial score (nSPS) is 15.9. The summed E-state index contributed by atoms with van der Waals surface area (Å²) in [5, 5.41) is 14.5. The van der Waals surface area contributed by atoms with Crippen LogP contribution >= 0.6 is 0 Å². The van der Waals surface area contributed by atoms with Gasteiger partial charge >= 0.3 is 0 Å². The molecule has 0 bridgehead atoms. The maximum Gasteiger partial charge on any atom is 0.246 e. The second-order valence-corrected chi connectivity index (χ2v) is 5.55. The van der Waals surface area contributed by atoms with Gasteiger partial charge in [0, 0.05) is 18.3 Å². The Balaban J connectivity index is 1.56. The second kappa shape index (κ2) is 5.38. The predicted octanol–water partition coefficient (Wildman–Crippen LogP) is 2.27. The SMILES string of the molecule is O[C@H](c1ccccc1)c1nccn1Cc1nc(C2CC2)no1. The van der Waals surface area contributed by atoms with Crippen LogP contribution in [0.4, 0.5) is 0 Å². The van der Waals surface area contributed by atoms with Crippen LogP contribution in [0.3, 0.4) is 0 Å². The van der Waals surface area contributed by atoms with Crippen LogP contribution in [0.15, 0.2) is 47.2 Å². The first-order valence-electron chi connectivity index (χ1n) is 7.38. The fourth-order valence-corrected chi connectivity index (χ4v) is 2.47. The van der Waals surface area contributed by atoms with Gasteiger partial charge in [0.2, 0.25) is 5.89 Å². The molecule has 1 N–H and O–H groups in total. The van der Waals surface area contributed by atoms with Crippen molar-refractivity contribution in [3.63, 3.8) is 0 Å². The molecule has 1 fully saturated rings. The third-order valence-corrected chi connectivity index (χ3v) is 3.84. The third-order valence-electron chi connectivity index (χ3n) is 3.84. The summed E-state index contributed by atoms with van der Waals surface area (Å²) in [6.45, 7) is 0.416. The van der Waals surface area contributed by atoms with Gasteiger partial charge in [0.15, 0.2) is 5.82 Å². The van der Waals surface area contributed by atoms with E-state index in [1.54, 1.807) is 6.20 Å². The molecule has 0 spiro atoms. The van der Waals surface area contributed by atoms with E-state index in [-0.39, 0.29) is 0 Å². The van der Waals surface area contributed by atoms with Gasteiger partial charge in [-0.1, -0.05) is 35.5 Å². The van der Waals surface area contributed by atoms with Crippen LogP contribution in [0.1, 0.15) is 48.0 Å². The summed E-state index contributed by atoms with van der Waals surface area (Å²) in [5.41, 5.74) is 0.805. The molecule has 1 aliphatic rings. The van der Waals surface area contributed by atoms with E-state index >= 15 is 0 Å². The van der Waals surface area contributed by atoms with Gasteiger partial charge in [0.25, 0.3) is 0 Å². The van der Waals surface area contributed by atoms with Crippen molar-refractivity contribution in [3.05, 3.63) is 65.8 Å². The summed E-state index contributed by atoms with van der Waals surface area (Å²) in [4.78, 5) is 8.68. The zero-order chi connectivity index (χ0) is 14.9. The molecule has 2 heterocycles. The molecule has 1 aromatic carbocycles. The number of aliphatic hydroxyl groups is 1. The van der Waals surface area contributed by atoms with Gasteiger partial charge in [-0.2, -0.15) is 4.98 Å². The molecule has 0 saturated heterocycles. The van der Waals surface area contributed by atoms with Crippen LogP contribution in [0.5, 0.6) is 0 Å². The van der Waals surface area contributed by atoms with E-state index in [0.717, 1.165) is 24.2 Å². The summed E-state index contributed by atoms with van der Waals surface area (Å²) in [5.74, 6) is 2.37. The molecule has 1 aliphatic carbocycles. The Bertz CT molecular complexity index is 761. The van der Waals surface area contributed by atoms with Crippen LogP contribution in [-0.2, 0) is 6.54 Å². The van der Waals surface area contributed by atoms with Crippen LogP contribution in [0.25, 0.3) is 0 Å². The van der Waals surface area contributed by atoms with E-state index in [0.29, 0.717) is 24.2 Å². The second-order valence-electron chi connectivity index (χ2n) is 5.55. The van der Waals surface area contributed by atoms with Gasteiger partial charge in [0.1, 0.15) is 18.5 Å². The first-order valence-corrected chi connectivity index (χ1v) is 7.38. The van der Waals surface area contributed by atoms with Crippen molar-refractivity contribution in [2.75, 3.05) is 0 Å². The predicted molar refractivity (Wildman–Crippen MR) is 78.1 cm³/mol. The lowest BCUT2D eigenvalue weighted by Gasteiger charge is -2.12. The first kappa shape index (κ1) is 13.2. The van der Waals surface area contributed by atoms with Crippen molar-refractivity contribution in [1.29, 1.82) is 0 Å². The maximum atomic E-state index is 10.5. The minimum atomic E-state index is -0.776. The van der Waals surface area contributed by atoms with Crippen LogP contribution in [0.2, 0.25) is 0 Å². The Labute approximate surface area is 127 Å². The van der Waals surface area contributed by atoms with Crippen LogP contribution in [-0.4, -0.2) is 24.8 Å². The molecule has 112 valence electrons. The number of aromatic nitrogens is 4. The average Bonchev–Trinajstić information content (AvgIpc) is 3.13. The molecular formula is C16H16N4O2. The largest absolute Gasteiger partial charge is 0.380 e. The smallest absolute Gasteiger partial charge is 0.246 e. The van der Waals surface area contributed by atoms with E-state index in [2.05, 4.69) is 15.1 Å². The third kappa shape index (κ3) is 2.53. The molecule has 1 saturated carbocycles. The zero-order valence-electron chi connectivity index (χ0n) is 12.0. The highest BCUT2D eigenvalue weighted by atomic mass is 16.5. The minimum absolute atomic E-state index is 0.416. The molecule has 6 nitrogen and oxygen atoms in total. The Morgan fingerprint density at radius 1 is 1.27 bits per heavy atom. The van der Waals surface area contributed by atoms with E-state index < -0.39 is 6.10 Å². The molecule has 2 aromatic heterocycles.